The van der Waals surface area contributed by atoms with Gasteiger partial charge in [0.05, 0.1) is 6.26 Å². The molecule has 0 bridgehead atoms. The molecular weight excluding hydrogens is 432 g/mol. The van der Waals surface area contributed by atoms with Gasteiger partial charge in [0.2, 0.25) is 12.7 Å². The number of anilines is 1. The maximum atomic E-state index is 13.8. The fraction of sp³-hybridized carbons (Fsp3) is 0.333. The Hall–Kier alpha value is -3.74. The van der Waals surface area contributed by atoms with Crippen molar-refractivity contribution >= 4 is 17.5 Å². The molecule has 176 valence electrons. The van der Waals surface area contributed by atoms with Crippen molar-refractivity contribution in [1.82, 2.24) is 5.32 Å². The molecule has 1 N–H and O–H groups in total. The van der Waals surface area contributed by atoms with Crippen LogP contribution in [0.15, 0.2) is 65.3 Å². The summed E-state index contributed by atoms with van der Waals surface area (Å²) in [6.07, 6.45) is 6.42. The second kappa shape index (κ2) is 9.63. The van der Waals surface area contributed by atoms with Crippen LogP contribution >= 0.6 is 0 Å². The second-order valence-corrected chi connectivity index (χ2v) is 8.68. The van der Waals surface area contributed by atoms with Crippen molar-refractivity contribution in [3.63, 3.8) is 0 Å². The summed E-state index contributed by atoms with van der Waals surface area (Å²) < 4.78 is 16.5. The van der Waals surface area contributed by atoms with Gasteiger partial charge in [-0.3, -0.25) is 14.5 Å². The number of hydrogen-bond donors (Lipinski definition) is 1. The monoisotopic (exact) mass is 460 g/mol. The summed E-state index contributed by atoms with van der Waals surface area (Å²) in [5, 5.41) is 3.19. The molecule has 5 rings (SSSR count). The highest BCUT2D eigenvalue weighted by Crippen LogP contribution is 2.39. The molecule has 0 radical (unpaired) electrons. The molecule has 0 saturated heterocycles. The largest absolute Gasteiger partial charge is 0.459 e. The van der Waals surface area contributed by atoms with Crippen LogP contribution in [0.4, 0.5) is 5.69 Å². The Bertz CT molecular complexity index is 1150. The van der Waals surface area contributed by atoms with Gasteiger partial charge in [0.15, 0.2) is 17.3 Å². The highest BCUT2D eigenvalue weighted by molar-refractivity contribution is 6.08. The standard InChI is InChI=1S/C27H28N2O5/c1-2-18-9-11-19(12-10-18)25(26(30)28-20-6-3-4-7-20)29(27(31)23-8-5-15-32-23)21-13-14-22-24(16-21)34-17-33-22/h5,8-16,20,25H,2-4,6-7,17H2,1H3,(H,28,30)/t25-/m1/s1. The van der Waals surface area contributed by atoms with Gasteiger partial charge in [-0.1, -0.05) is 44.0 Å². The van der Waals surface area contributed by atoms with Gasteiger partial charge < -0.3 is 19.2 Å². The van der Waals surface area contributed by atoms with E-state index in [9.17, 15) is 9.59 Å². The highest BCUT2D eigenvalue weighted by atomic mass is 16.7. The number of nitrogens with zero attached hydrogens (tertiary/aromatic N) is 1. The summed E-state index contributed by atoms with van der Waals surface area (Å²) in [6.45, 7) is 2.20. The van der Waals surface area contributed by atoms with E-state index in [1.165, 1.54) is 11.2 Å². The molecule has 2 aromatic carbocycles. The first kappa shape index (κ1) is 22.1. The summed E-state index contributed by atoms with van der Waals surface area (Å²) in [4.78, 5) is 29.0. The number of carbonyl (C=O) groups excluding carboxylic acids is 2. The van der Waals surface area contributed by atoms with E-state index < -0.39 is 11.9 Å². The lowest BCUT2D eigenvalue weighted by atomic mass is 9.99. The first-order valence-corrected chi connectivity index (χ1v) is 11.8. The van der Waals surface area contributed by atoms with Crippen molar-refractivity contribution in [2.45, 2.75) is 51.1 Å². The van der Waals surface area contributed by atoms with Crippen LogP contribution in [0.25, 0.3) is 0 Å². The third-order valence-corrected chi connectivity index (χ3v) is 6.50. The number of carbonyl (C=O) groups is 2. The average Bonchev–Trinajstić information content (AvgIpc) is 3.64. The molecule has 1 saturated carbocycles. The van der Waals surface area contributed by atoms with Gasteiger partial charge in [0.25, 0.3) is 5.91 Å². The Kier molecular flexibility index (Phi) is 6.25. The van der Waals surface area contributed by atoms with Gasteiger partial charge >= 0.3 is 0 Å². The lowest BCUT2D eigenvalue weighted by Crippen LogP contribution is -2.46. The van der Waals surface area contributed by atoms with E-state index in [0.717, 1.165) is 43.2 Å². The van der Waals surface area contributed by atoms with Crippen LogP contribution < -0.4 is 19.7 Å². The van der Waals surface area contributed by atoms with Crippen molar-refractivity contribution in [3.05, 3.63) is 77.7 Å². The van der Waals surface area contributed by atoms with Crippen LogP contribution in [0.1, 0.15) is 60.3 Å². The quantitative estimate of drug-likeness (QED) is 0.536. The van der Waals surface area contributed by atoms with Crippen molar-refractivity contribution in [3.8, 4) is 11.5 Å². The molecule has 7 heteroatoms. The summed E-state index contributed by atoms with van der Waals surface area (Å²) in [6, 6.07) is 15.6. The Labute approximate surface area is 198 Å². The van der Waals surface area contributed by atoms with E-state index in [4.69, 9.17) is 13.9 Å². The number of amides is 2. The highest BCUT2D eigenvalue weighted by Gasteiger charge is 2.36. The van der Waals surface area contributed by atoms with Crippen LogP contribution in [0.2, 0.25) is 0 Å². The van der Waals surface area contributed by atoms with Gasteiger partial charge in [0, 0.05) is 17.8 Å². The van der Waals surface area contributed by atoms with Crippen LogP contribution in [-0.4, -0.2) is 24.6 Å². The fourth-order valence-corrected chi connectivity index (χ4v) is 4.64. The molecule has 3 aromatic rings. The molecule has 1 aliphatic heterocycles. The molecule has 2 heterocycles. The van der Waals surface area contributed by atoms with Gasteiger partial charge in [-0.25, -0.2) is 0 Å². The van der Waals surface area contributed by atoms with E-state index in [-0.39, 0.29) is 24.5 Å². The lowest BCUT2D eigenvalue weighted by Gasteiger charge is -2.32. The number of benzene rings is 2. The smallest absolute Gasteiger partial charge is 0.294 e. The fourth-order valence-electron chi connectivity index (χ4n) is 4.64. The minimum Gasteiger partial charge on any atom is -0.459 e. The van der Waals surface area contributed by atoms with Gasteiger partial charge in [-0.15, -0.1) is 0 Å². The third kappa shape index (κ3) is 4.38. The van der Waals surface area contributed by atoms with Crippen LogP contribution in [0.5, 0.6) is 11.5 Å². The molecule has 7 nitrogen and oxygen atoms in total. The molecule has 0 spiro atoms. The molecule has 0 unspecified atom stereocenters. The van der Waals surface area contributed by atoms with E-state index in [2.05, 4.69) is 12.2 Å². The van der Waals surface area contributed by atoms with Crippen molar-refractivity contribution in [2.24, 2.45) is 0 Å². The van der Waals surface area contributed by atoms with E-state index in [1.807, 2.05) is 24.3 Å². The van der Waals surface area contributed by atoms with Crippen LogP contribution in [0, 0.1) is 0 Å². The van der Waals surface area contributed by atoms with Crippen LogP contribution in [-0.2, 0) is 11.2 Å². The second-order valence-electron chi connectivity index (χ2n) is 8.68. The number of rotatable bonds is 7. The molecule has 2 aliphatic rings. The number of aryl methyl sites for hydroxylation is 1. The van der Waals surface area contributed by atoms with E-state index in [0.29, 0.717) is 17.2 Å². The molecule has 1 atom stereocenters. The predicted molar refractivity (Wildman–Crippen MR) is 127 cm³/mol. The first-order chi connectivity index (χ1) is 16.6. The van der Waals surface area contributed by atoms with E-state index >= 15 is 0 Å². The summed E-state index contributed by atoms with van der Waals surface area (Å²) >= 11 is 0. The van der Waals surface area contributed by atoms with Crippen molar-refractivity contribution in [1.29, 1.82) is 0 Å². The Balaban J connectivity index is 1.60. The molecule has 1 aliphatic carbocycles. The number of nitrogens with one attached hydrogen (secondary N) is 1. The summed E-state index contributed by atoms with van der Waals surface area (Å²) in [5.41, 5.74) is 2.41. The van der Waals surface area contributed by atoms with Crippen LogP contribution in [0.3, 0.4) is 0 Å². The zero-order chi connectivity index (χ0) is 23.5. The molecular formula is C27H28N2O5. The van der Waals surface area contributed by atoms with Gasteiger partial charge in [0.1, 0.15) is 6.04 Å². The predicted octanol–water partition coefficient (Wildman–Crippen LogP) is 5.02. The Morgan fingerprint density at radius 1 is 1.03 bits per heavy atom. The molecule has 1 aromatic heterocycles. The minimum atomic E-state index is -0.885. The Morgan fingerprint density at radius 3 is 2.50 bits per heavy atom. The van der Waals surface area contributed by atoms with E-state index in [1.54, 1.807) is 30.3 Å². The average molecular weight is 461 g/mol. The molecule has 1 fully saturated rings. The minimum absolute atomic E-state index is 0.113. The van der Waals surface area contributed by atoms with Gasteiger partial charge in [-0.05, 0) is 54.7 Å². The SMILES string of the molecule is CCc1ccc([C@H](C(=O)NC2CCCC2)N(C(=O)c2ccco2)c2ccc3c(c2)OCO3)cc1. The molecule has 2 amide bonds. The number of furan rings is 1. The zero-order valence-corrected chi connectivity index (χ0v) is 19.2. The van der Waals surface area contributed by atoms with Gasteiger partial charge in [-0.2, -0.15) is 0 Å². The normalized spacial score (nSPS) is 15.8. The number of ether oxygens (including phenoxy) is 2. The first-order valence-electron chi connectivity index (χ1n) is 11.8. The number of fused-ring (bicyclic) bond motifs is 1. The topological polar surface area (TPSA) is 81.0 Å². The summed E-state index contributed by atoms with van der Waals surface area (Å²) in [7, 11) is 0. The summed E-state index contributed by atoms with van der Waals surface area (Å²) in [5.74, 6) is 0.671. The third-order valence-electron chi connectivity index (χ3n) is 6.50. The Morgan fingerprint density at radius 2 is 1.79 bits per heavy atom. The van der Waals surface area contributed by atoms with Crippen molar-refractivity contribution in [2.75, 3.05) is 11.7 Å². The maximum Gasteiger partial charge on any atom is 0.294 e. The van der Waals surface area contributed by atoms with Crippen molar-refractivity contribution < 1.29 is 23.5 Å². The molecule has 34 heavy (non-hydrogen) atoms. The lowest BCUT2D eigenvalue weighted by molar-refractivity contribution is -0.123. The zero-order valence-electron chi connectivity index (χ0n) is 19.2. The maximum absolute atomic E-state index is 13.8. The number of hydrogen-bond acceptors (Lipinski definition) is 5.